The smallest absolute Gasteiger partial charge is 0.340 e. The number of carbonyl (C=O) groups excluding carboxylic acids is 1. The number of carbonyl (C=O) groups is 1. The minimum absolute atomic E-state index is 0.184. The first-order valence-electron chi connectivity index (χ1n) is 11.9. The van der Waals surface area contributed by atoms with E-state index in [0.717, 1.165) is 11.1 Å². The van der Waals surface area contributed by atoms with Gasteiger partial charge in [-0.25, -0.2) is 4.79 Å². The van der Waals surface area contributed by atoms with Crippen molar-refractivity contribution in [3.05, 3.63) is 143 Å². The molecule has 0 radical (unpaired) electrons. The fourth-order valence-electron chi connectivity index (χ4n) is 4.37. The highest BCUT2D eigenvalue weighted by atomic mass is 16.6. The lowest BCUT2D eigenvalue weighted by molar-refractivity contribution is -0.0671. The van der Waals surface area contributed by atoms with Crippen LogP contribution in [0.15, 0.2) is 109 Å². The van der Waals surface area contributed by atoms with E-state index in [-0.39, 0.29) is 10.8 Å². The van der Waals surface area contributed by atoms with E-state index < -0.39 is 12.3 Å². The molecule has 4 aromatic carbocycles. The molecule has 4 rings (SSSR count). The summed E-state index contributed by atoms with van der Waals surface area (Å²) in [5.41, 5.74) is 5.17. The lowest BCUT2D eigenvalue weighted by Gasteiger charge is -2.26. The first-order valence-corrected chi connectivity index (χ1v) is 11.9. The molecular weight excluding hydrogens is 432 g/mol. The van der Waals surface area contributed by atoms with Gasteiger partial charge in [-0.2, -0.15) is 0 Å². The highest BCUT2D eigenvalue weighted by Gasteiger charge is 2.25. The van der Waals surface area contributed by atoms with Gasteiger partial charge >= 0.3 is 5.97 Å². The zero-order valence-electron chi connectivity index (χ0n) is 20.7. The van der Waals surface area contributed by atoms with Crippen molar-refractivity contribution in [3.63, 3.8) is 0 Å². The third kappa shape index (κ3) is 5.21. The van der Waals surface area contributed by atoms with Crippen molar-refractivity contribution in [1.29, 1.82) is 0 Å². The molecule has 0 spiro atoms. The van der Waals surface area contributed by atoms with Crippen LogP contribution in [-0.4, -0.2) is 11.1 Å². The Hall–Kier alpha value is -3.69. The van der Waals surface area contributed by atoms with Crippen LogP contribution >= 0.6 is 0 Å². The van der Waals surface area contributed by atoms with Gasteiger partial charge in [-0.15, -0.1) is 0 Å². The largest absolute Gasteiger partial charge is 0.428 e. The van der Waals surface area contributed by atoms with E-state index in [2.05, 4.69) is 52.0 Å². The van der Waals surface area contributed by atoms with Crippen LogP contribution in [0.4, 0.5) is 0 Å². The average molecular weight is 465 g/mol. The average Bonchev–Trinajstić information content (AvgIpc) is 2.89. The predicted molar refractivity (Wildman–Crippen MR) is 140 cm³/mol. The number of aliphatic hydroxyl groups excluding tert-OH is 1. The molecule has 0 aliphatic heterocycles. The van der Waals surface area contributed by atoms with Crippen molar-refractivity contribution in [2.75, 3.05) is 0 Å². The summed E-state index contributed by atoms with van der Waals surface area (Å²) < 4.78 is 5.36. The Labute approximate surface area is 208 Å². The van der Waals surface area contributed by atoms with Crippen molar-refractivity contribution in [2.45, 2.75) is 44.8 Å². The Balaban J connectivity index is 1.44. The summed E-state index contributed by atoms with van der Waals surface area (Å²) in [5, 5.41) is 10.6. The maximum absolute atomic E-state index is 12.7. The number of rotatable bonds is 7. The molecular formula is C32H32O3. The van der Waals surface area contributed by atoms with Crippen LogP contribution in [-0.2, 0) is 15.6 Å². The van der Waals surface area contributed by atoms with Crippen LogP contribution in [0.2, 0.25) is 0 Å². The molecule has 0 aliphatic carbocycles. The number of ether oxygens (including phenoxy) is 1. The van der Waals surface area contributed by atoms with E-state index >= 15 is 0 Å². The maximum atomic E-state index is 12.7. The van der Waals surface area contributed by atoms with Gasteiger partial charge in [-0.3, -0.25) is 0 Å². The lowest BCUT2D eigenvalue weighted by atomic mass is 9.78. The highest BCUT2D eigenvalue weighted by Crippen LogP contribution is 2.33. The van der Waals surface area contributed by atoms with E-state index in [0.29, 0.717) is 11.1 Å². The molecule has 1 atom stereocenters. The van der Waals surface area contributed by atoms with Crippen molar-refractivity contribution >= 4 is 5.97 Å². The number of hydrogen-bond donors (Lipinski definition) is 1. The van der Waals surface area contributed by atoms with Gasteiger partial charge in [-0.05, 0) is 34.4 Å². The summed E-state index contributed by atoms with van der Waals surface area (Å²) in [6, 6.07) is 35.5. The topological polar surface area (TPSA) is 46.5 Å². The monoisotopic (exact) mass is 464 g/mol. The summed E-state index contributed by atoms with van der Waals surface area (Å²) in [7, 11) is 0. The van der Waals surface area contributed by atoms with Crippen molar-refractivity contribution in [1.82, 2.24) is 0 Å². The molecule has 0 heterocycles. The Morgan fingerprint density at radius 3 is 1.40 bits per heavy atom. The van der Waals surface area contributed by atoms with E-state index in [9.17, 15) is 9.90 Å². The Morgan fingerprint density at radius 1 is 0.600 bits per heavy atom. The van der Waals surface area contributed by atoms with E-state index in [4.69, 9.17) is 4.74 Å². The molecule has 178 valence electrons. The standard InChI is InChI=1S/C32H32O3/c1-31(2,25-11-7-5-8-12-25)27-19-15-23(16-20-27)29(33)35-30(34)24-17-21-28(22-18-24)32(3,4)26-13-9-6-10-14-26/h5-22,29,33H,1-4H3. The summed E-state index contributed by atoms with van der Waals surface area (Å²) in [5.74, 6) is -0.560. The molecule has 0 aliphatic rings. The van der Waals surface area contributed by atoms with Crippen molar-refractivity contribution < 1.29 is 14.6 Å². The maximum Gasteiger partial charge on any atom is 0.340 e. The van der Waals surface area contributed by atoms with Crippen molar-refractivity contribution in [3.8, 4) is 0 Å². The van der Waals surface area contributed by atoms with Crippen molar-refractivity contribution in [2.24, 2.45) is 0 Å². The second-order valence-electron chi connectivity index (χ2n) is 9.94. The second kappa shape index (κ2) is 9.89. The minimum atomic E-state index is -1.34. The van der Waals surface area contributed by atoms with Gasteiger partial charge in [0.1, 0.15) is 0 Å². The van der Waals surface area contributed by atoms with Crippen LogP contribution in [0.1, 0.15) is 72.2 Å². The van der Waals surface area contributed by atoms with Crippen LogP contribution in [0, 0.1) is 0 Å². The van der Waals surface area contributed by atoms with Gasteiger partial charge in [0.25, 0.3) is 0 Å². The van der Waals surface area contributed by atoms with E-state index in [1.807, 2.05) is 72.8 Å². The molecule has 0 fully saturated rings. The first-order chi connectivity index (χ1) is 16.7. The SMILES string of the molecule is CC(C)(c1ccccc1)c1ccc(C(=O)OC(O)c2ccc(C(C)(C)c3ccccc3)cc2)cc1. The molecule has 0 saturated heterocycles. The Morgan fingerprint density at radius 2 is 0.971 bits per heavy atom. The summed E-state index contributed by atoms with van der Waals surface area (Å²) in [4.78, 5) is 12.7. The quantitative estimate of drug-likeness (QED) is 0.233. The molecule has 3 nitrogen and oxygen atoms in total. The molecule has 0 bridgehead atoms. The van der Waals surface area contributed by atoms with Crippen LogP contribution in [0.5, 0.6) is 0 Å². The normalized spacial score (nSPS) is 12.7. The number of benzene rings is 4. The van der Waals surface area contributed by atoms with Gasteiger partial charge in [0.05, 0.1) is 5.56 Å². The van der Waals surface area contributed by atoms with Gasteiger partial charge in [0.15, 0.2) is 0 Å². The molecule has 3 heteroatoms. The lowest BCUT2D eigenvalue weighted by Crippen LogP contribution is -2.19. The van der Waals surface area contributed by atoms with E-state index in [1.165, 1.54) is 11.1 Å². The van der Waals surface area contributed by atoms with Gasteiger partial charge in [-0.1, -0.05) is 125 Å². The van der Waals surface area contributed by atoms with Crippen LogP contribution < -0.4 is 0 Å². The third-order valence-electron chi connectivity index (χ3n) is 6.97. The molecule has 4 aromatic rings. The molecule has 0 amide bonds. The minimum Gasteiger partial charge on any atom is -0.428 e. The summed E-state index contributed by atoms with van der Waals surface area (Å²) in [6.07, 6.45) is -1.34. The fraction of sp³-hybridized carbons (Fsp3) is 0.219. The number of hydrogen-bond acceptors (Lipinski definition) is 3. The summed E-state index contributed by atoms with van der Waals surface area (Å²) >= 11 is 0. The number of esters is 1. The highest BCUT2D eigenvalue weighted by molar-refractivity contribution is 5.89. The van der Waals surface area contributed by atoms with Crippen LogP contribution in [0.3, 0.4) is 0 Å². The second-order valence-corrected chi connectivity index (χ2v) is 9.94. The molecule has 1 N–H and O–H groups in total. The zero-order valence-corrected chi connectivity index (χ0v) is 20.7. The predicted octanol–water partition coefficient (Wildman–Crippen LogP) is 7.19. The summed E-state index contributed by atoms with van der Waals surface area (Å²) in [6.45, 7) is 8.64. The molecule has 0 aromatic heterocycles. The van der Waals surface area contributed by atoms with Gasteiger partial charge in [0, 0.05) is 16.4 Å². The van der Waals surface area contributed by atoms with Gasteiger partial charge < -0.3 is 9.84 Å². The van der Waals surface area contributed by atoms with Gasteiger partial charge in [0.2, 0.25) is 6.29 Å². The zero-order chi connectivity index (χ0) is 25.1. The molecule has 1 unspecified atom stereocenters. The molecule has 0 saturated carbocycles. The first kappa shape index (κ1) is 24.4. The fourth-order valence-corrected chi connectivity index (χ4v) is 4.37. The number of aliphatic hydroxyl groups is 1. The van der Waals surface area contributed by atoms with E-state index in [1.54, 1.807) is 12.1 Å². The van der Waals surface area contributed by atoms with Crippen LogP contribution in [0.25, 0.3) is 0 Å². The Bertz CT molecular complexity index is 1260. The molecule has 35 heavy (non-hydrogen) atoms. The third-order valence-corrected chi connectivity index (χ3v) is 6.97. The Kier molecular flexibility index (Phi) is 6.90.